The largest absolute Gasteiger partial charge is 0.351 e. The number of carbonyl (C=O) groups excluding carboxylic acids is 1. The van der Waals surface area contributed by atoms with Gasteiger partial charge in [-0.05, 0) is 50.0 Å². The van der Waals surface area contributed by atoms with Crippen molar-refractivity contribution in [1.29, 1.82) is 0 Å². The number of aryl methyl sites for hydroxylation is 2. The molecular formula is C22H26N4O2S2. The number of thioether (sulfide) groups is 1. The Hall–Kier alpha value is -2.16. The first-order valence-electron chi connectivity index (χ1n) is 10.1. The van der Waals surface area contributed by atoms with Crippen LogP contribution in [0, 0.1) is 0 Å². The average Bonchev–Trinajstić information content (AvgIpc) is 3.28. The van der Waals surface area contributed by atoms with Gasteiger partial charge in [0.25, 0.3) is 5.56 Å². The minimum atomic E-state index is -0.0443. The van der Waals surface area contributed by atoms with E-state index in [1.165, 1.54) is 27.8 Å². The van der Waals surface area contributed by atoms with Crippen LogP contribution in [0.4, 0.5) is 0 Å². The van der Waals surface area contributed by atoms with Crippen LogP contribution in [0.25, 0.3) is 10.2 Å². The number of nitrogens with one attached hydrogen (secondary N) is 2. The zero-order valence-corrected chi connectivity index (χ0v) is 18.9. The second-order valence-corrected chi connectivity index (χ2v) is 9.94. The lowest BCUT2D eigenvalue weighted by Gasteiger charge is -2.10. The van der Waals surface area contributed by atoms with Crippen LogP contribution in [0.5, 0.6) is 0 Å². The van der Waals surface area contributed by atoms with Gasteiger partial charge in [-0.2, -0.15) is 0 Å². The molecule has 0 fully saturated rings. The van der Waals surface area contributed by atoms with Crippen LogP contribution in [0.3, 0.4) is 0 Å². The highest BCUT2D eigenvalue weighted by atomic mass is 32.2. The zero-order valence-electron chi connectivity index (χ0n) is 17.3. The van der Waals surface area contributed by atoms with Crippen LogP contribution in [0.15, 0.2) is 29.1 Å². The number of fused-ring (bicyclic) bond motifs is 3. The first kappa shape index (κ1) is 21.1. The third-order valence-corrected chi connectivity index (χ3v) is 7.24. The number of aromatic nitrogens is 2. The van der Waals surface area contributed by atoms with Crippen molar-refractivity contribution in [1.82, 2.24) is 20.2 Å². The molecular weight excluding hydrogens is 416 g/mol. The van der Waals surface area contributed by atoms with Gasteiger partial charge in [-0.1, -0.05) is 24.3 Å². The highest BCUT2D eigenvalue weighted by Gasteiger charge is 2.21. The van der Waals surface area contributed by atoms with E-state index in [1.54, 1.807) is 11.3 Å². The van der Waals surface area contributed by atoms with Crippen LogP contribution in [0.1, 0.15) is 33.8 Å². The molecule has 2 aromatic heterocycles. The molecule has 0 radical (unpaired) electrons. The summed E-state index contributed by atoms with van der Waals surface area (Å²) in [6.07, 6.45) is 3.16. The van der Waals surface area contributed by atoms with Gasteiger partial charge < -0.3 is 15.2 Å². The van der Waals surface area contributed by atoms with Crippen molar-refractivity contribution < 1.29 is 4.79 Å². The SMILES string of the molecule is CN(C)Cc1ccc(CNC(=O)CSCc2nc3sc4c(c3c(=O)[nH]2)CCC4)cc1. The summed E-state index contributed by atoms with van der Waals surface area (Å²) in [6, 6.07) is 8.28. The molecule has 0 unspecified atom stereocenters. The Kier molecular flexibility index (Phi) is 6.55. The fraction of sp³-hybridized carbons (Fsp3) is 0.409. The summed E-state index contributed by atoms with van der Waals surface area (Å²) >= 11 is 3.10. The Morgan fingerprint density at radius 1 is 1.23 bits per heavy atom. The van der Waals surface area contributed by atoms with E-state index in [2.05, 4.69) is 44.5 Å². The van der Waals surface area contributed by atoms with E-state index in [1.807, 2.05) is 14.1 Å². The monoisotopic (exact) mass is 442 g/mol. The number of nitrogens with zero attached hydrogens (tertiary/aromatic N) is 2. The number of aromatic amines is 1. The topological polar surface area (TPSA) is 78.1 Å². The molecule has 0 bridgehead atoms. The third kappa shape index (κ3) is 4.94. The van der Waals surface area contributed by atoms with Crippen molar-refractivity contribution in [2.24, 2.45) is 0 Å². The Bertz CT molecular complexity index is 1100. The number of H-pyrrole nitrogens is 1. The van der Waals surface area contributed by atoms with Gasteiger partial charge in [0.05, 0.1) is 16.9 Å². The molecule has 0 saturated heterocycles. The van der Waals surface area contributed by atoms with Gasteiger partial charge in [-0.25, -0.2) is 4.98 Å². The minimum absolute atomic E-state index is 0.0177. The zero-order chi connectivity index (χ0) is 21.1. The van der Waals surface area contributed by atoms with Crippen molar-refractivity contribution in [2.45, 2.75) is 38.1 Å². The molecule has 8 heteroatoms. The lowest BCUT2D eigenvalue weighted by Crippen LogP contribution is -2.24. The molecule has 0 spiro atoms. The summed E-state index contributed by atoms with van der Waals surface area (Å²) in [5, 5.41) is 3.73. The van der Waals surface area contributed by atoms with Gasteiger partial charge in [0.2, 0.25) is 5.91 Å². The minimum Gasteiger partial charge on any atom is -0.351 e. The number of carbonyl (C=O) groups is 1. The maximum Gasteiger partial charge on any atom is 0.259 e. The first-order chi connectivity index (χ1) is 14.5. The fourth-order valence-corrected chi connectivity index (χ4v) is 5.74. The summed E-state index contributed by atoms with van der Waals surface area (Å²) in [5.41, 5.74) is 3.48. The van der Waals surface area contributed by atoms with Crippen molar-refractivity contribution in [3.63, 3.8) is 0 Å². The Morgan fingerprint density at radius 2 is 2.00 bits per heavy atom. The first-order valence-corrected chi connectivity index (χ1v) is 12.1. The van der Waals surface area contributed by atoms with Gasteiger partial charge in [0, 0.05) is 18.0 Å². The number of hydrogen-bond acceptors (Lipinski definition) is 6. The summed E-state index contributed by atoms with van der Waals surface area (Å²) in [7, 11) is 4.09. The van der Waals surface area contributed by atoms with Crippen molar-refractivity contribution in [2.75, 3.05) is 19.8 Å². The molecule has 2 heterocycles. The summed E-state index contributed by atoms with van der Waals surface area (Å²) < 4.78 is 0. The van der Waals surface area contributed by atoms with E-state index in [9.17, 15) is 9.59 Å². The maximum atomic E-state index is 12.5. The number of benzene rings is 1. The highest BCUT2D eigenvalue weighted by molar-refractivity contribution is 7.99. The lowest BCUT2D eigenvalue weighted by atomic mass is 10.1. The molecule has 158 valence electrons. The smallest absolute Gasteiger partial charge is 0.259 e. The fourth-order valence-electron chi connectivity index (χ4n) is 3.73. The number of thiophene rings is 1. The normalized spacial score (nSPS) is 13.2. The third-order valence-electron chi connectivity index (χ3n) is 5.11. The van der Waals surface area contributed by atoms with Crippen molar-refractivity contribution in [3.8, 4) is 0 Å². The van der Waals surface area contributed by atoms with Gasteiger partial charge in [-0.15, -0.1) is 23.1 Å². The highest BCUT2D eigenvalue weighted by Crippen LogP contribution is 2.34. The lowest BCUT2D eigenvalue weighted by molar-refractivity contribution is -0.118. The van der Waals surface area contributed by atoms with Crippen LogP contribution in [-0.2, 0) is 36.5 Å². The predicted octanol–water partition coefficient (Wildman–Crippen LogP) is 3.08. The molecule has 2 N–H and O–H groups in total. The Labute approximate surface area is 184 Å². The molecule has 6 nitrogen and oxygen atoms in total. The van der Waals surface area contributed by atoms with E-state index in [4.69, 9.17) is 0 Å². The molecule has 1 aliphatic rings. The second kappa shape index (κ2) is 9.32. The van der Waals surface area contributed by atoms with E-state index in [0.29, 0.717) is 23.9 Å². The van der Waals surface area contributed by atoms with Crippen LogP contribution >= 0.6 is 23.1 Å². The molecule has 0 aliphatic heterocycles. The number of hydrogen-bond donors (Lipinski definition) is 2. The molecule has 1 aromatic carbocycles. The Balaban J connectivity index is 1.26. The summed E-state index contributed by atoms with van der Waals surface area (Å²) in [4.78, 5) is 36.4. The van der Waals surface area contributed by atoms with E-state index < -0.39 is 0 Å². The molecule has 4 rings (SSSR count). The standard InChI is InChI=1S/C22H26N4O2S2/c1-26(2)11-15-8-6-14(7-9-15)10-23-19(27)13-29-12-18-24-21(28)20-16-4-3-5-17(16)30-22(20)25-18/h6-9H,3-5,10-13H2,1-2H3,(H,23,27)(H,24,25,28). The van der Waals surface area contributed by atoms with Crippen molar-refractivity contribution >= 4 is 39.2 Å². The summed E-state index contributed by atoms with van der Waals surface area (Å²) in [5.74, 6) is 1.47. The van der Waals surface area contributed by atoms with Crippen LogP contribution in [0.2, 0.25) is 0 Å². The molecule has 0 atom stereocenters. The number of rotatable bonds is 8. The van der Waals surface area contributed by atoms with Gasteiger partial charge >= 0.3 is 0 Å². The summed E-state index contributed by atoms with van der Waals surface area (Å²) in [6.45, 7) is 1.42. The predicted molar refractivity (Wildman–Crippen MR) is 124 cm³/mol. The molecule has 30 heavy (non-hydrogen) atoms. The molecule has 0 saturated carbocycles. The quantitative estimate of drug-likeness (QED) is 0.561. The maximum absolute atomic E-state index is 12.5. The van der Waals surface area contributed by atoms with Crippen LogP contribution < -0.4 is 10.9 Å². The van der Waals surface area contributed by atoms with E-state index in [0.717, 1.165) is 41.6 Å². The van der Waals surface area contributed by atoms with Gasteiger partial charge in [0.15, 0.2) is 0 Å². The Morgan fingerprint density at radius 3 is 2.77 bits per heavy atom. The van der Waals surface area contributed by atoms with Gasteiger partial charge in [0.1, 0.15) is 10.7 Å². The number of amides is 1. The van der Waals surface area contributed by atoms with E-state index in [-0.39, 0.29) is 11.5 Å². The average molecular weight is 443 g/mol. The van der Waals surface area contributed by atoms with Crippen molar-refractivity contribution in [3.05, 3.63) is 62.0 Å². The molecule has 3 aromatic rings. The second-order valence-electron chi connectivity index (χ2n) is 7.87. The van der Waals surface area contributed by atoms with E-state index >= 15 is 0 Å². The molecule has 1 aliphatic carbocycles. The molecule has 1 amide bonds. The van der Waals surface area contributed by atoms with Gasteiger partial charge in [-0.3, -0.25) is 9.59 Å². The van der Waals surface area contributed by atoms with Crippen LogP contribution in [-0.4, -0.2) is 40.6 Å².